The normalized spacial score (nSPS) is 29.5. The van der Waals surface area contributed by atoms with E-state index in [4.69, 9.17) is 0 Å². The zero-order chi connectivity index (χ0) is 16.4. The van der Waals surface area contributed by atoms with E-state index in [0.29, 0.717) is 0 Å². The third-order valence-corrected chi connectivity index (χ3v) is 7.89. The fourth-order valence-corrected chi connectivity index (χ4v) is 6.70. The van der Waals surface area contributed by atoms with Crippen LogP contribution < -0.4 is 0 Å². The van der Waals surface area contributed by atoms with Gasteiger partial charge in [0.15, 0.2) is 0 Å². The van der Waals surface area contributed by atoms with Crippen molar-refractivity contribution in [1.29, 1.82) is 0 Å². The predicted molar refractivity (Wildman–Crippen MR) is 104 cm³/mol. The lowest BCUT2D eigenvalue weighted by Crippen LogP contribution is -2.36. The standard InChI is InChI=1S/C24H36/c1-18(19-10-2-3-11-19)23(20-12-4-5-13-20)24(21-14-6-7-15-21)22-16-8-9-17-22/h6-9,14,18-20,22-24H,2-5,10-13,15-17H2,1H3. The van der Waals surface area contributed by atoms with Crippen molar-refractivity contribution in [3.63, 3.8) is 0 Å². The molecule has 4 rings (SSSR count). The highest BCUT2D eigenvalue weighted by Crippen LogP contribution is 2.51. The second-order valence-electron chi connectivity index (χ2n) is 9.13. The van der Waals surface area contributed by atoms with Gasteiger partial charge in [0.25, 0.3) is 0 Å². The van der Waals surface area contributed by atoms with Gasteiger partial charge < -0.3 is 0 Å². The Morgan fingerprint density at radius 3 is 2.00 bits per heavy atom. The van der Waals surface area contributed by atoms with Gasteiger partial charge >= 0.3 is 0 Å². The molecule has 0 radical (unpaired) electrons. The molecule has 0 heteroatoms. The fraction of sp³-hybridized carbons (Fsp3) is 0.750. The van der Waals surface area contributed by atoms with E-state index in [9.17, 15) is 0 Å². The zero-order valence-electron chi connectivity index (χ0n) is 15.6. The van der Waals surface area contributed by atoms with Crippen LogP contribution in [0.4, 0.5) is 0 Å². The van der Waals surface area contributed by atoms with Crippen LogP contribution in [0.1, 0.15) is 77.6 Å². The molecule has 0 N–H and O–H groups in total. The molecule has 24 heavy (non-hydrogen) atoms. The number of hydrogen-bond acceptors (Lipinski definition) is 0. The molecule has 3 atom stereocenters. The predicted octanol–water partition coefficient (Wildman–Crippen LogP) is 7.09. The van der Waals surface area contributed by atoms with Gasteiger partial charge in [-0.05, 0) is 54.8 Å². The summed E-state index contributed by atoms with van der Waals surface area (Å²) in [5.74, 6) is 5.66. The average molecular weight is 325 g/mol. The van der Waals surface area contributed by atoms with Crippen LogP contribution in [-0.2, 0) is 0 Å². The molecule has 2 fully saturated rings. The lowest BCUT2D eigenvalue weighted by Gasteiger charge is -2.43. The van der Waals surface area contributed by atoms with Gasteiger partial charge in [-0.3, -0.25) is 0 Å². The topological polar surface area (TPSA) is 0 Å². The van der Waals surface area contributed by atoms with Crippen molar-refractivity contribution in [3.05, 3.63) is 36.0 Å². The molecular formula is C24H36. The number of hydrogen-bond donors (Lipinski definition) is 0. The van der Waals surface area contributed by atoms with E-state index < -0.39 is 0 Å². The summed E-state index contributed by atoms with van der Waals surface area (Å²) in [6, 6.07) is 0. The van der Waals surface area contributed by atoms with Crippen LogP contribution in [0.2, 0.25) is 0 Å². The summed E-state index contributed by atoms with van der Waals surface area (Å²) in [5.41, 5.74) is 1.78. The van der Waals surface area contributed by atoms with Gasteiger partial charge in [0.1, 0.15) is 0 Å². The molecule has 0 aliphatic heterocycles. The smallest absolute Gasteiger partial charge is 0.0129 e. The molecule has 4 aliphatic rings. The second kappa shape index (κ2) is 7.63. The largest absolute Gasteiger partial charge is 0.0882 e. The van der Waals surface area contributed by atoms with E-state index in [1.165, 1.54) is 70.6 Å². The van der Waals surface area contributed by atoms with Crippen molar-refractivity contribution in [2.24, 2.45) is 35.5 Å². The molecule has 0 aromatic heterocycles. The number of allylic oxidation sites excluding steroid dienone is 6. The minimum atomic E-state index is 0.855. The van der Waals surface area contributed by atoms with Crippen molar-refractivity contribution < 1.29 is 0 Å². The van der Waals surface area contributed by atoms with E-state index in [-0.39, 0.29) is 0 Å². The Labute approximate surface area is 149 Å². The van der Waals surface area contributed by atoms with Gasteiger partial charge in [-0.25, -0.2) is 0 Å². The summed E-state index contributed by atoms with van der Waals surface area (Å²) in [7, 11) is 0. The van der Waals surface area contributed by atoms with Gasteiger partial charge in [-0.15, -0.1) is 0 Å². The van der Waals surface area contributed by atoms with Crippen molar-refractivity contribution >= 4 is 0 Å². The summed E-state index contributed by atoms with van der Waals surface area (Å²) in [6.45, 7) is 2.65. The van der Waals surface area contributed by atoms with Gasteiger partial charge in [-0.1, -0.05) is 94.2 Å². The SMILES string of the molecule is CC(C1CCCC1)C(C1CCCC1)C(C1=CC=CC1)C1CC=CC1. The minimum absolute atomic E-state index is 0.855. The van der Waals surface area contributed by atoms with E-state index in [0.717, 1.165) is 35.5 Å². The minimum Gasteiger partial charge on any atom is -0.0882 e. The summed E-state index contributed by atoms with van der Waals surface area (Å²) in [4.78, 5) is 0. The van der Waals surface area contributed by atoms with E-state index in [1.807, 2.05) is 0 Å². The van der Waals surface area contributed by atoms with Crippen molar-refractivity contribution in [3.8, 4) is 0 Å². The first kappa shape index (κ1) is 16.7. The number of rotatable bonds is 6. The first-order valence-electron chi connectivity index (χ1n) is 10.8. The van der Waals surface area contributed by atoms with E-state index in [2.05, 4.69) is 37.3 Å². The molecule has 0 aromatic rings. The second-order valence-corrected chi connectivity index (χ2v) is 9.13. The van der Waals surface area contributed by atoms with Gasteiger partial charge in [0, 0.05) is 0 Å². The molecule has 2 saturated carbocycles. The Kier molecular flexibility index (Phi) is 5.30. The highest BCUT2D eigenvalue weighted by atomic mass is 14.5. The van der Waals surface area contributed by atoms with Crippen LogP contribution in [0.15, 0.2) is 36.0 Å². The maximum Gasteiger partial charge on any atom is -0.0129 e. The van der Waals surface area contributed by atoms with Crippen molar-refractivity contribution in [2.75, 3.05) is 0 Å². The molecule has 0 amide bonds. The summed E-state index contributed by atoms with van der Waals surface area (Å²) in [5, 5.41) is 0. The molecular weight excluding hydrogens is 288 g/mol. The van der Waals surface area contributed by atoms with Crippen LogP contribution in [0.25, 0.3) is 0 Å². The molecule has 132 valence electrons. The van der Waals surface area contributed by atoms with Crippen LogP contribution in [-0.4, -0.2) is 0 Å². The summed E-state index contributed by atoms with van der Waals surface area (Å²) < 4.78 is 0. The van der Waals surface area contributed by atoms with E-state index in [1.54, 1.807) is 5.57 Å². The molecule has 0 heterocycles. The van der Waals surface area contributed by atoms with Gasteiger partial charge in [-0.2, -0.15) is 0 Å². The van der Waals surface area contributed by atoms with Crippen LogP contribution in [0.5, 0.6) is 0 Å². The first-order chi connectivity index (χ1) is 11.8. The van der Waals surface area contributed by atoms with Crippen LogP contribution >= 0.6 is 0 Å². The average Bonchev–Trinajstić information content (AvgIpc) is 3.42. The molecule has 3 unspecified atom stereocenters. The Morgan fingerprint density at radius 1 is 0.792 bits per heavy atom. The molecule has 0 saturated heterocycles. The molecule has 0 nitrogen and oxygen atoms in total. The van der Waals surface area contributed by atoms with Gasteiger partial charge in [0.05, 0.1) is 0 Å². The third-order valence-electron chi connectivity index (χ3n) is 7.89. The molecule has 0 spiro atoms. The third kappa shape index (κ3) is 3.31. The molecule has 0 bridgehead atoms. The Morgan fingerprint density at radius 2 is 1.42 bits per heavy atom. The maximum absolute atomic E-state index is 2.65. The highest BCUT2D eigenvalue weighted by molar-refractivity contribution is 5.27. The zero-order valence-corrected chi connectivity index (χ0v) is 15.6. The fourth-order valence-electron chi connectivity index (χ4n) is 6.70. The van der Waals surface area contributed by atoms with Crippen molar-refractivity contribution in [1.82, 2.24) is 0 Å². The monoisotopic (exact) mass is 324 g/mol. The summed E-state index contributed by atoms with van der Waals surface area (Å²) >= 11 is 0. The lowest BCUT2D eigenvalue weighted by molar-refractivity contribution is 0.0973. The molecule has 4 aliphatic carbocycles. The Balaban J connectivity index is 1.62. The maximum atomic E-state index is 2.65. The quantitative estimate of drug-likeness (QED) is 0.457. The van der Waals surface area contributed by atoms with Crippen molar-refractivity contribution in [2.45, 2.75) is 77.6 Å². The van der Waals surface area contributed by atoms with Gasteiger partial charge in [0.2, 0.25) is 0 Å². The Bertz CT molecular complexity index is 488. The van der Waals surface area contributed by atoms with Crippen LogP contribution in [0, 0.1) is 35.5 Å². The molecule has 0 aromatic carbocycles. The highest BCUT2D eigenvalue weighted by Gasteiger charge is 2.43. The summed E-state index contributed by atoms with van der Waals surface area (Å²) in [6.07, 6.45) is 28.1. The lowest BCUT2D eigenvalue weighted by atomic mass is 9.62. The van der Waals surface area contributed by atoms with Crippen LogP contribution in [0.3, 0.4) is 0 Å². The van der Waals surface area contributed by atoms with E-state index >= 15 is 0 Å². The first-order valence-corrected chi connectivity index (χ1v) is 10.8. The Hall–Kier alpha value is -0.780.